The molecule has 0 aliphatic carbocycles. The lowest BCUT2D eigenvalue weighted by atomic mass is 10.2. The minimum atomic E-state index is 0.207. The minimum Gasteiger partial charge on any atom is -0.497 e. The number of rotatable bonds is 5. The number of hydrogen-bond donors (Lipinski definition) is 1. The Hall–Kier alpha value is -3.52. The van der Waals surface area contributed by atoms with Crippen molar-refractivity contribution in [3.63, 3.8) is 0 Å². The number of benzene rings is 2. The van der Waals surface area contributed by atoms with Crippen molar-refractivity contribution in [3.8, 4) is 11.8 Å². The maximum Gasteiger partial charge on any atom is 0.236 e. The monoisotopic (exact) mass is 317 g/mol. The molecule has 0 bridgehead atoms. The summed E-state index contributed by atoms with van der Waals surface area (Å²) in [4.78, 5) is 4.17. The molecule has 0 atom stereocenters. The van der Waals surface area contributed by atoms with Crippen LogP contribution in [0.2, 0.25) is 0 Å². The Labute approximate surface area is 139 Å². The Bertz CT molecular complexity index is 875. The molecular weight excluding hydrogens is 302 g/mol. The molecule has 118 valence electrons. The van der Waals surface area contributed by atoms with Crippen molar-refractivity contribution in [3.05, 3.63) is 71.7 Å². The lowest BCUT2D eigenvalue weighted by Gasteiger charge is -2.04. The van der Waals surface area contributed by atoms with Crippen molar-refractivity contribution in [2.75, 3.05) is 12.4 Å². The van der Waals surface area contributed by atoms with E-state index in [1.54, 1.807) is 13.2 Å². The summed E-state index contributed by atoms with van der Waals surface area (Å²) in [6.45, 7) is 0. The molecule has 2 aromatic carbocycles. The Morgan fingerprint density at radius 1 is 1.08 bits per heavy atom. The van der Waals surface area contributed by atoms with Gasteiger partial charge in [0.05, 0.1) is 7.11 Å². The zero-order valence-electron chi connectivity index (χ0n) is 13.1. The van der Waals surface area contributed by atoms with Gasteiger partial charge in [0.15, 0.2) is 0 Å². The van der Waals surface area contributed by atoms with Crippen molar-refractivity contribution < 1.29 is 9.15 Å². The van der Waals surface area contributed by atoms with Crippen LogP contribution in [0.1, 0.15) is 17.1 Å². The molecule has 1 N–H and O–H groups in total. The number of nitriles is 1. The summed E-state index contributed by atoms with van der Waals surface area (Å²) in [6.07, 6.45) is 3.61. The zero-order valence-corrected chi connectivity index (χ0v) is 13.1. The molecule has 0 fully saturated rings. The molecule has 3 aromatic rings. The van der Waals surface area contributed by atoms with Crippen molar-refractivity contribution in [2.45, 2.75) is 0 Å². The highest BCUT2D eigenvalue weighted by molar-refractivity contribution is 5.68. The molecule has 0 spiro atoms. The van der Waals surface area contributed by atoms with Crippen LogP contribution in [0.4, 0.5) is 11.6 Å². The Morgan fingerprint density at radius 2 is 1.83 bits per heavy atom. The van der Waals surface area contributed by atoms with Crippen LogP contribution >= 0.6 is 0 Å². The standard InChI is InChI=1S/C19H15N3O2/c1-23-16-10-8-15(9-11-16)21-19-17(13-20)22-18(24-19)12-7-14-5-3-2-4-6-14/h2-12,21H,1H3. The third-order valence-electron chi connectivity index (χ3n) is 3.32. The van der Waals surface area contributed by atoms with Crippen LogP contribution in [0, 0.1) is 11.3 Å². The number of nitrogens with one attached hydrogen (secondary N) is 1. The number of ether oxygens (including phenoxy) is 1. The number of hydrogen-bond acceptors (Lipinski definition) is 5. The molecule has 0 amide bonds. The second-order valence-corrected chi connectivity index (χ2v) is 4.94. The third kappa shape index (κ3) is 3.62. The van der Waals surface area contributed by atoms with E-state index in [1.165, 1.54) is 0 Å². The number of methoxy groups -OCH3 is 1. The van der Waals surface area contributed by atoms with Crippen LogP contribution < -0.4 is 10.1 Å². The average molecular weight is 317 g/mol. The van der Waals surface area contributed by atoms with E-state index in [0.29, 0.717) is 11.8 Å². The van der Waals surface area contributed by atoms with Crippen LogP contribution in [0.15, 0.2) is 59.0 Å². The summed E-state index contributed by atoms with van der Waals surface area (Å²) in [6, 6.07) is 19.1. The van der Waals surface area contributed by atoms with Gasteiger partial charge in [-0.3, -0.25) is 0 Å². The molecule has 0 saturated heterocycles. The first-order chi connectivity index (χ1) is 11.8. The van der Waals surface area contributed by atoms with E-state index in [9.17, 15) is 5.26 Å². The molecule has 5 heteroatoms. The predicted molar refractivity (Wildman–Crippen MR) is 92.9 cm³/mol. The van der Waals surface area contributed by atoms with Gasteiger partial charge in [-0.1, -0.05) is 30.3 Å². The molecular formula is C19H15N3O2. The maximum atomic E-state index is 9.22. The van der Waals surface area contributed by atoms with Crippen LogP contribution in [0.25, 0.3) is 12.2 Å². The van der Waals surface area contributed by atoms with Crippen molar-refractivity contribution in [1.29, 1.82) is 5.26 Å². The summed E-state index contributed by atoms with van der Waals surface area (Å²) in [5, 5.41) is 12.3. The van der Waals surface area contributed by atoms with Gasteiger partial charge in [0.2, 0.25) is 17.5 Å². The number of aromatic nitrogens is 1. The lowest BCUT2D eigenvalue weighted by Crippen LogP contribution is -1.91. The van der Waals surface area contributed by atoms with Gasteiger partial charge >= 0.3 is 0 Å². The van der Waals surface area contributed by atoms with Crippen LogP contribution in [0.3, 0.4) is 0 Å². The van der Waals surface area contributed by atoms with Gasteiger partial charge in [0, 0.05) is 11.8 Å². The Balaban J connectivity index is 1.80. The fourth-order valence-corrected chi connectivity index (χ4v) is 2.11. The smallest absolute Gasteiger partial charge is 0.236 e. The molecule has 0 aliphatic heterocycles. The Kier molecular flexibility index (Phi) is 4.59. The first-order valence-electron chi connectivity index (χ1n) is 7.33. The summed E-state index contributed by atoms with van der Waals surface area (Å²) in [5.74, 6) is 1.44. The van der Waals surface area contributed by atoms with E-state index < -0.39 is 0 Å². The van der Waals surface area contributed by atoms with Crippen LogP contribution in [-0.2, 0) is 0 Å². The molecule has 0 radical (unpaired) electrons. The highest BCUT2D eigenvalue weighted by atomic mass is 16.5. The molecule has 0 saturated carbocycles. The summed E-state index contributed by atoms with van der Waals surface area (Å²) in [5.41, 5.74) is 2.01. The van der Waals surface area contributed by atoms with Gasteiger partial charge < -0.3 is 14.5 Å². The third-order valence-corrected chi connectivity index (χ3v) is 3.32. The molecule has 24 heavy (non-hydrogen) atoms. The first kappa shape index (κ1) is 15.4. The van der Waals surface area contributed by atoms with Gasteiger partial charge in [-0.15, -0.1) is 0 Å². The quantitative estimate of drug-likeness (QED) is 0.751. The van der Waals surface area contributed by atoms with E-state index in [-0.39, 0.29) is 5.69 Å². The first-order valence-corrected chi connectivity index (χ1v) is 7.33. The zero-order chi connectivity index (χ0) is 16.8. The predicted octanol–water partition coefficient (Wildman–Crippen LogP) is 4.47. The van der Waals surface area contributed by atoms with Gasteiger partial charge in [0.25, 0.3) is 0 Å². The second-order valence-electron chi connectivity index (χ2n) is 4.94. The van der Waals surface area contributed by atoms with Crippen molar-refractivity contribution in [2.24, 2.45) is 0 Å². The van der Waals surface area contributed by atoms with Crippen molar-refractivity contribution >= 4 is 23.7 Å². The fraction of sp³-hybridized carbons (Fsp3) is 0.0526. The van der Waals surface area contributed by atoms with E-state index >= 15 is 0 Å². The topological polar surface area (TPSA) is 71.1 Å². The maximum absolute atomic E-state index is 9.22. The van der Waals surface area contributed by atoms with Crippen LogP contribution in [-0.4, -0.2) is 12.1 Å². The van der Waals surface area contributed by atoms with E-state index in [4.69, 9.17) is 9.15 Å². The highest BCUT2D eigenvalue weighted by Crippen LogP contribution is 2.24. The van der Waals surface area contributed by atoms with E-state index in [1.807, 2.05) is 66.7 Å². The average Bonchev–Trinajstić information content (AvgIpc) is 3.03. The number of anilines is 2. The minimum absolute atomic E-state index is 0.207. The van der Waals surface area contributed by atoms with Gasteiger partial charge in [0.1, 0.15) is 11.8 Å². The molecule has 0 aliphatic rings. The van der Waals surface area contributed by atoms with E-state index in [0.717, 1.165) is 17.0 Å². The number of oxazole rings is 1. The van der Waals surface area contributed by atoms with Gasteiger partial charge in [-0.25, -0.2) is 0 Å². The lowest BCUT2D eigenvalue weighted by molar-refractivity contribution is 0.415. The molecule has 1 heterocycles. The highest BCUT2D eigenvalue weighted by Gasteiger charge is 2.11. The number of nitrogens with zero attached hydrogens (tertiary/aromatic N) is 2. The molecule has 3 rings (SSSR count). The molecule has 1 aromatic heterocycles. The normalized spacial score (nSPS) is 10.5. The molecule has 0 unspecified atom stereocenters. The van der Waals surface area contributed by atoms with Crippen LogP contribution in [0.5, 0.6) is 5.75 Å². The van der Waals surface area contributed by atoms with Crippen molar-refractivity contribution in [1.82, 2.24) is 4.98 Å². The summed E-state index contributed by atoms with van der Waals surface area (Å²) in [7, 11) is 1.61. The second kappa shape index (κ2) is 7.16. The van der Waals surface area contributed by atoms with Gasteiger partial charge in [-0.05, 0) is 35.9 Å². The summed E-state index contributed by atoms with van der Waals surface area (Å²) < 4.78 is 10.7. The van der Waals surface area contributed by atoms with E-state index in [2.05, 4.69) is 10.3 Å². The molecule has 5 nitrogen and oxygen atoms in total. The fourth-order valence-electron chi connectivity index (χ4n) is 2.11. The largest absolute Gasteiger partial charge is 0.497 e. The Morgan fingerprint density at radius 3 is 2.50 bits per heavy atom. The van der Waals surface area contributed by atoms with Gasteiger partial charge in [-0.2, -0.15) is 10.2 Å². The SMILES string of the molecule is COc1ccc(Nc2oc(C=Cc3ccccc3)nc2C#N)cc1. The summed E-state index contributed by atoms with van der Waals surface area (Å²) >= 11 is 0.